The molecule has 0 aromatic heterocycles. The summed E-state index contributed by atoms with van der Waals surface area (Å²) in [6.45, 7) is 1.45. The lowest BCUT2D eigenvalue weighted by Crippen LogP contribution is -2.22. The molecule has 3 aromatic rings. The van der Waals surface area contributed by atoms with Crippen molar-refractivity contribution in [2.24, 2.45) is 15.8 Å². The molecule has 1 fully saturated rings. The number of hydrogen-bond acceptors (Lipinski definition) is 3. The molecule has 180 valence electrons. The minimum absolute atomic E-state index is 0.351. The largest absolute Gasteiger partial charge is 0.366 e. The van der Waals surface area contributed by atoms with Crippen LogP contribution in [0, 0.1) is 5.53 Å². The van der Waals surface area contributed by atoms with Gasteiger partial charge in [-0.15, -0.1) is 5.11 Å². The molecule has 0 radical (unpaired) electrons. The summed E-state index contributed by atoms with van der Waals surface area (Å²) in [7, 11) is 0. The Balaban J connectivity index is 1.55. The molecule has 1 amide bonds. The smallest absolute Gasteiger partial charge is 0.280 e. The van der Waals surface area contributed by atoms with Crippen LogP contribution in [0.3, 0.4) is 0 Å². The monoisotopic (exact) mass is 531 g/mol. The van der Waals surface area contributed by atoms with Crippen LogP contribution in [0.1, 0.15) is 65.1 Å². The molecule has 7 heteroatoms. The highest BCUT2D eigenvalue weighted by Crippen LogP contribution is 2.34. The van der Waals surface area contributed by atoms with E-state index in [2.05, 4.69) is 73.4 Å². The maximum absolute atomic E-state index is 12.2. The van der Waals surface area contributed by atoms with Crippen molar-refractivity contribution >= 4 is 33.5 Å². The minimum atomic E-state index is -0.505. The number of nitrogens with zero attached hydrogens (tertiary/aromatic N) is 3. The quantitative estimate of drug-likeness (QED) is 0.192. The molecule has 0 aliphatic heterocycles. The Kier molecular flexibility index (Phi) is 8.42. The lowest BCUT2D eigenvalue weighted by atomic mass is 9.84. The second kappa shape index (κ2) is 11.9. The summed E-state index contributed by atoms with van der Waals surface area (Å²) in [4.78, 5) is 18.1. The van der Waals surface area contributed by atoms with Gasteiger partial charge in [0.15, 0.2) is 0 Å². The molecular weight excluding hydrogens is 502 g/mol. The van der Waals surface area contributed by atoms with Gasteiger partial charge in [-0.2, -0.15) is 4.99 Å². The lowest BCUT2D eigenvalue weighted by Gasteiger charge is -2.27. The van der Waals surface area contributed by atoms with E-state index in [9.17, 15) is 4.79 Å². The third-order valence-electron chi connectivity index (χ3n) is 6.50. The molecule has 0 unspecified atom stereocenters. The Hall–Kier alpha value is -3.32. The van der Waals surface area contributed by atoms with Gasteiger partial charge in [0.05, 0.1) is 0 Å². The van der Waals surface area contributed by atoms with Gasteiger partial charge in [-0.3, -0.25) is 4.79 Å². The molecule has 0 bridgehead atoms. The highest BCUT2D eigenvalue weighted by molar-refractivity contribution is 9.10. The summed E-state index contributed by atoms with van der Waals surface area (Å²) in [5.41, 5.74) is 17.5. The van der Waals surface area contributed by atoms with Gasteiger partial charge in [0.1, 0.15) is 0 Å². The van der Waals surface area contributed by atoms with Gasteiger partial charge in [0.2, 0.25) is 5.96 Å². The maximum atomic E-state index is 12.2. The summed E-state index contributed by atoms with van der Waals surface area (Å²) < 4.78 is 1.06. The highest BCUT2D eigenvalue weighted by atomic mass is 79.9. The first-order valence-electron chi connectivity index (χ1n) is 12.0. The van der Waals surface area contributed by atoms with Crippen molar-refractivity contribution in [3.8, 4) is 0 Å². The number of anilines is 1. The van der Waals surface area contributed by atoms with Crippen molar-refractivity contribution in [3.05, 3.63) is 99.5 Å². The van der Waals surface area contributed by atoms with Gasteiger partial charge in [0, 0.05) is 28.8 Å². The average molecular weight is 532 g/mol. The number of carbonyl (C=O) groups is 1. The fraction of sp³-hybridized carbons (Fsp3) is 0.286. The topological polar surface area (TPSA) is 94.9 Å². The van der Waals surface area contributed by atoms with Crippen LogP contribution >= 0.6 is 15.9 Å². The molecule has 0 spiro atoms. The number of nitrogens with one attached hydrogen (secondary N) is 1. The van der Waals surface area contributed by atoms with Crippen LogP contribution in [-0.2, 0) is 13.1 Å². The molecule has 6 nitrogen and oxygen atoms in total. The normalized spacial score (nSPS) is 14.5. The van der Waals surface area contributed by atoms with Crippen molar-refractivity contribution in [1.29, 1.82) is 5.53 Å². The third kappa shape index (κ3) is 6.85. The summed E-state index contributed by atoms with van der Waals surface area (Å²) >= 11 is 3.58. The molecule has 0 atom stereocenters. The predicted molar refractivity (Wildman–Crippen MR) is 144 cm³/mol. The zero-order valence-corrected chi connectivity index (χ0v) is 21.2. The van der Waals surface area contributed by atoms with Gasteiger partial charge >= 0.3 is 0 Å². The van der Waals surface area contributed by atoms with Crippen molar-refractivity contribution in [2.45, 2.75) is 51.1 Å². The SMILES string of the molecule is N=NC(N)=NC(=O)c1ccc(CN(Cc2cccc(Br)c2)c2ccc(C3CCCCC3)cc2)cc1. The van der Waals surface area contributed by atoms with Crippen LogP contribution in [0.2, 0.25) is 0 Å². The number of halogens is 1. The Morgan fingerprint density at radius 1 is 0.943 bits per heavy atom. The molecular formula is C28H30BrN5O. The number of carbonyl (C=O) groups excluding carboxylic acids is 1. The number of guanidine groups is 1. The molecule has 3 N–H and O–H groups in total. The fourth-order valence-electron chi connectivity index (χ4n) is 4.65. The van der Waals surface area contributed by atoms with Crippen LogP contribution in [0.15, 0.2) is 87.4 Å². The Labute approximate surface area is 214 Å². The Morgan fingerprint density at radius 2 is 1.63 bits per heavy atom. The number of aliphatic imine (C=N–C) groups is 1. The van der Waals surface area contributed by atoms with Crippen molar-refractivity contribution in [1.82, 2.24) is 0 Å². The molecule has 3 aromatic carbocycles. The van der Waals surface area contributed by atoms with E-state index in [1.165, 1.54) is 48.9 Å². The standard InChI is InChI=1S/C28H30BrN5O/c29-25-8-4-5-21(17-25)19-34(26-15-13-23(14-16-26)22-6-2-1-3-7-22)18-20-9-11-24(12-10-20)27(35)32-28(30)33-31/h4-5,8-17,22,31H,1-3,6-7,18-19H2,(H2,30,32,35). The van der Waals surface area contributed by atoms with Crippen molar-refractivity contribution in [2.75, 3.05) is 4.90 Å². The zero-order chi connectivity index (χ0) is 24.6. The van der Waals surface area contributed by atoms with Gasteiger partial charge in [0.25, 0.3) is 5.91 Å². The van der Waals surface area contributed by atoms with E-state index in [4.69, 9.17) is 11.3 Å². The minimum Gasteiger partial charge on any atom is -0.366 e. The fourth-order valence-corrected chi connectivity index (χ4v) is 5.10. The molecule has 35 heavy (non-hydrogen) atoms. The summed E-state index contributed by atoms with van der Waals surface area (Å²) in [5.74, 6) is -0.175. The number of rotatable bonds is 7. The van der Waals surface area contributed by atoms with Crippen LogP contribution in [-0.4, -0.2) is 11.9 Å². The number of benzene rings is 3. The zero-order valence-electron chi connectivity index (χ0n) is 19.7. The van der Waals surface area contributed by atoms with Crippen molar-refractivity contribution in [3.63, 3.8) is 0 Å². The second-order valence-electron chi connectivity index (χ2n) is 9.00. The first-order chi connectivity index (χ1) is 17.0. The van der Waals surface area contributed by atoms with Crippen LogP contribution < -0.4 is 10.6 Å². The van der Waals surface area contributed by atoms with Gasteiger partial charge in [-0.05, 0) is 71.8 Å². The van der Waals surface area contributed by atoms with Crippen LogP contribution in [0.5, 0.6) is 0 Å². The number of hydrogen-bond donors (Lipinski definition) is 2. The Bertz CT molecular complexity index is 1180. The number of amides is 1. The molecule has 1 aliphatic rings. The Morgan fingerprint density at radius 3 is 2.29 bits per heavy atom. The third-order valence-corrected chi connectivity index (χ3v) is 7.00. The van der Waals surface area contributed by atoms with Crippen molar-refractivity contribution < 1.29 is 4.79 Å². The van der Waals surface area contributed by atoms with E-state index in [-0.39, 0.29) is 5.96 Å². The van der Waals surface area contributed by atoms with E-state index in [0.29, 0.717) is 18.0 Å². The molecule has 1 aliphatic carbocycles. The number of nitrogens with two attached hydrogens (primary N) is 1. The van der Waals surface area contributed by atoms with Gasteiger partial charge in [-0.1, -0.05) is 71.6 Å². The first-order valence-corrected chi connectivity index (χ1v) is 12.8. The maximum Gasteiger partial charge on any atom is 0.280 e. The van der Waals surface area contributed by atoms with Crippen LogP contribution in [0.4, 0.5) is 5.69 Å². The van der Waals surface area contributed by atoms with E-state index in [1.54, 1.807) is 12.1 Å². The van der Waals surface area contributed by atoms with E-state index in [1.807, 2.05) is 18.2 Å². The predicted octanol–water partition coefficient (Wildman–Crippen LogP) is 7.19. The van der Waals surface area contributed by atoms with E-state index < -0.39 is 5.91 Å². The second-order valence-corrected chi connectivity index (χ2v) is 9.91. The summed E-state index contributed by atoms with van der Waals surface area (Å²) in [5, 5.41) is 2.97. The molecule has 4 rings (SSSR count). The van der Waals surface area contributed by atoms with Crippen LogP contribution in [0.25, 0.3) is 0 Å². The van der Waals surface area contributed by atoms with Gasteiger partial charge < -0.3 is 10.6 Å². The average Bonchev–Trinajstić information content (AvgIpc) is 2.89. The van der Waals surface area contributed by atoms with Gasteiger partial charge in [-0.25, -0.2) is 5.53 Å². The lowest BCUT2D eigenvalue weighted by molar-refractivity contribution is 0.100. The van der Waals surface area contributed by atoms with E-state index >= 15 is 0 Å². The summed E-state index contributed by atoms with van der Waals surface area (Å²) in [6.07, 6.45) is 6.60. The highest BCUT2D eigenvalue weighted by Gasteiger charge is 2.16. The molecule has 1 saturated carbocycles. The molecule has 0 heterocycles. The first kappa shape index (κ1) is 24.8. The summed E-state index contributed by atoms with van der Waals surface area (Å²) in [6, 6.07) is 24.8. The molecule has 0 saturated heterocycles. The van der Waals surface area contributed by atoms with E-state index in [0.717, 1.165) is 16.6 Å².